The number of nitrogens with zero attached hydrogens (tertiary/aromatic N) is 2. The van der Waals surface area contributed by atoms with Gasteiger partial charge in [-0.05, 0) is 37.6 Å². The average molecular weight is 247 g/mol. The Kier molecular flexibility index (Phi) is 5.24. The van der Waals surface area contributed by atoms with Gasteiger partial charge in [0.1, 0.15) is 12.4 Å². The normalized spacial score (nSPS) is 12.0. The summed E-state index contributed by atoms with van der Waals surface area (Å²) in [6.07, 6.45) is 5.11. The van der Waals surface area contributed by atoms with Gasteiger partial charge in [0.25, 0.3) is 0 Å². The van der Waals surface area contributed by atoms with Crippen molar-refractivity contribution < 1.29 is 4.74 Å². The molecule has 2 N–H and O–H groups in total. The molecule has 0 spiro atoms. The lowest BCUT2D eigenvalue weighted by atomic mass is 10.3. The molecule has 0 saturated heterocycles. The van der Waals surface area contributed by atoms with E-state index in [9.17, 15) is 0 Å². The molecule has 0 fully saturated rings. The summed E-state index contributed by atoms with van der Waals surface area (Å²) in [5, 5.41) is 0. The minimum absolute atomic E-state index is 0.310. The zero-order chi connectivity index (χ0) is 13.5. The molecule has 0 aromatic carbocycles. The van der Waals surface area contributed by atoms with Gasteiger partial charge in [0, 0.05) is 25.5 Å². The molecule has 0 unspecified atom stereocenters. The number of pyridine rings is 1. The molecule has 0 aliphatic carbocycles. The number of hydrogen-bond acceptors (Lipinski definition) is 4. The first kappa shape index (κ1) is 14.1. The summed E-state index contributed by atoms with van der Waals surface area (Å²) in [5.41, 5.74) is 7.08. The monoisotopic (exact) mass is 247 g/mol. The minimum atomic E-state index is 0.310. The van der Waals surface area contributed by atoms with Crippen molar-refractivity contribution in [1.29, 1.82) is 0 Å². The highest BCUT2D eigenvalue weighted by molar-refractivity contribution is 5.16. The molecule has 0 saturated carbocycles. The van der Waals surface area contributed by atoms with Crippen molar-refractivity contribution in [3.63, 3.8) is 0 Å². The molecular formula is C14H21N3O. The van der Waals surface area contributed by atoms with Gasteiger partial charge in [-0.15, -0.1) is 0 Å². The van der Waals surface area contributed by atoms with Crippen LogP contribution in [0.15, 0.2) is 48.8 Å². The fraction of sp³-hybridized carbons (Fsp3) is 0.357. The van der Waals surface area contributed by atoms with Crippen LogP contribution >= 0.6 is 0 Å². The molecule has 0 radical (unpaired) electrons. The van der Waals surface area contributed by atoms with E-state index in [0.29, 0.717) is 24.2 Å². The van der Waals surface area contributed by atoms with E-state index < -0.39 is 0 Å². The molecule has 0 aliphatic heterocycles. The van der Waals surface area contributed by atoms with Crippen molar-refractivity contribution in [3.05, 3.63) is 54.3 Å². The zero-order valence-electron chi connectivity index (χ0n) is 11.3. The van der Waals surface area contributed by atoms with Gasteiger partial charge >= 0.3 is 0 Å². The number of allylic oxidation sites excluding steroid dienone is 1. The van der Waals surface area contributed by atoms with Crippen molar-refractivity contribution in [2.24, 2.45) is 5.73 Å². The second-order valence-electron chi connectivity index (χ2n) is 4.30. The van der Waals surface area contributed by atoms with E-state index in [0.717, 1.165) is 5.56 Å². The van der Waals surface area contributed by atoms with Crippen molar-refractivity contribution in [2.75, 3.05) is 7.05 Å². The van der Waals surface area contributed by atoms with Crippen molar-refractivity contribution in [1.82, 2.24) is 9.88 Å². The predicted octanol–water partition coefficient (Wildman–Crippen LogP) is 2.25. The number of aromatic nitrogens is 1. The van der Waals surface area contributed by atoms with Crippen molar-refractivity contribution in [2.45, 2.75) is 26.5 Å². The van der Waals surface area contributed by atoms with Crippen molar-refractivity contribution >= 4 is 0 Å². The van der Waals surface area contributed by atoms with Gasteiger partial charge < -0.3 is 15.4 Å². The van der Waals surface area contributed by atoms with E-state index in [-0.39, 0.29) is 0 Å². The van der Waals surface area contributed by atoms with E-state index >= 15 is 0 Å². The van der Waals surface area contributed by atoms with Crippen LogP contribution in [0.2, 0.25) is 0 Å². The van der Waals surface area contributed by atoms with Gasteiger partial charge in [-0.25, -0.2) is 0 Å². The molecule has 0 atom stereocenters. The van der Waals surface area contributed by atoms with E-state index in [4.69, 9.17) is 10.5 Å². The Morgan fingerprint density at radius 1 is 1.50 bits per heavy atom. The van der Waals surface area contributed by atoms with Crippen LogP contribution in [0.1, 0.15) is 19.4 Å². The highest BCUT2D eigenvalue weighted by Crippen LogP contribution is 2.12. The highest BCUT2D eigenvalue weighted by atomic mass is 16.5. The molecule has 0 aliphatic rings. The van der Waals surface area contributed by atoms with Crippen LogP contribution in [0.25, 0.3) is 0 Å². The Balaban J connectivity index is 2.73. The molecule has 0 bridgehead atoms. The fourth-order valence-electron chi connectivity index (χ4n) is 1.33. The first-order chi connectivity index (χ1) is 8.56. The van der Waals surface area contributed by atoms with Crippen LogP contribution in [0.5, 0.6) is 0 Å². The summed E-state index contributed by atoms with van der Waals surface area (Å²) in [4.78, 5) is 5.91. The topological polar surface area (TPSA) is 51.4 Å². The predicted molar refractivity (Wildman–Crippen MR) is 73.3 cm³/mol. The second-order valence-corrected chi connectivity index (χ2v) is 4.30. The summed E-state index contributed by atoms with van der Waals surface area (Å²) in [6, 6.07) is 4.12. The quantitative estimate of drug-likeness (QED) is 0.619. The number of nitrogens with two attached hydrogens (primary N) is 1. The first-order valence-electron chi connectivity index (χ1n) is 5.93. The number of hydrogen-bond donors (Lipinski definition) is 1. The van der Waals surface area contributed by atoms with Gasteiger partial charge in [-0.2, -0.15) is 0 Å². The smallest absolute Gasteiger partial charge is 0.159 e. The van der Waals surface area contributed by atoms with Crippen LogP contribution in [0, 0.1) is 0 Å². The van der Waals surface area contributed by atoms with Crippen molar-refractivity contribution in [3.8, 4) is 0 Å². The molecule has 1 heterocycles. The Bertz CT molecular complexity index is 412. The van der Waals surface area contributed by atoms with Gasteiger partial charge in [-0.1, -0.05) is 6.58 Å². The third kappa shape index (κ3) is 3.80. The number of ether oxygens (including phenoxy) is 1. The maximum absolute atomic E-state index is 6.03. The van der Waals surface area contributed by atoms with Gasteiger partial charge in [0.15, 0.2) is 5.76 Å². The zero-order valence-corrected chi connectivity index (χ0v) is 11.3. The van der Waals surface area contributed by atoms with Crippen LogP contribution in [-0.2, 0) is 11.3 Å². The highest BCUT2D eigenvalue weighted by Gasteiger charge is 2.10. The molecule has 1 rings (SSSR count). The Morgan fingerprint density at radius 2 is 2.11 bits per heavy atom. The summed E-state index contributed by atoms with van der Waals surface area (Å²) in [5.74, 6) is 1.19. The first-order valence-corrected chi connectivity index (χ1v) is 5.93. The number of rotatable bonds is 6. The largest absolute Gasteiger partial charge is 0.485 e. The molecule has 98 valence electrons. The molecule has 4 heteroatoms. The summed E-state index contributed by atoms with van der Waals surface area (Å²) in [6.45, 7) is 8.32. The van der Waals surface area contributed by atoms with Gasteiger partial charge in [0.2, 0.25) is 0 Å². The van der Waals surface area contributed by atoms with Gasteiger partial charge in [-0.3, -0.25) is 4.98 Å². The SMILES string of the molecule is C=C/C(OCc1ccncc1)=C(/N)N(C)C(C)C. The average Bonchev–Trinajstić information content (AvgIpc) is 2.39. The summed E-state index contributed by atoms with van der Waals surface area (Å²) < 4.78 is 5.68. The van der Waals surface area contributed by atoms with Gasteiger partial charge in [0.05, 0.1) is 0 Å². The van der Waals surface area contributed by atoms with E-state index in [1.165, 1.54) is 0 Å². The molecule has 18 heavy (non-hydrogen) atoms. The third-order valence-electron chi connectivity index (χ3n) is 2.74. The fourth-order valence-corrected chi connectivity index (χ4v) is 1.33. The Labute approximate surface area is 109 Å². The minimum Gasteiger partial charge on any atom is -0.485 e. The molecule has 1 aromatic heterocycles. The second kappa shape index (κ2) is 6.69. The standard InChI is InChI=1S/C14H21N3O/c1-5-13(14(15)17(4)11(2)3)18-10-12-6-8-16-9-7-12/h5-9,11H,1,10,15H2,2-4H3/b14-13+. The maximum atomic E-state index is 6.03. The lowest BCUT2D eigenvalue weighted by Gasteiger charge is -2.25. The molecule has 1 aromatic rings. The maximum Gasteiger partial charge on any atom is 0.159 e. The van der Waals surface area contributed by atoms with E-state index in [1.54, 1.807) is 18.5 Å². The lowest BCUT2D eigenvalue weighted by Crippen LogP contribution is -2.31. The summed E-state index contributed by atoms with van der Waals surface area (Å²) in [7, 11) is 1.93. The molecule has 0 amide bonds. The molecule has 4 nitrogen and oxygen atoms in total. The van der Waals surface area contributed by atoms with Crippen LogP contribution in [0.3, 0.4) is 0 Å². The third-order valence-corrected chi connectivity index (χ3v) is 2.74. The Morgan fingerprint density at radius 3 is 2.61 bits per heavy atom. The lowest BCUT2D eigenvalue weighted by molar-refractivity contribution is 0.192. The Hall–Kier alpha value is -1.97. The van der Waals surface area contributed by atoms with E-state index in [1.807, 2.05) is 24.1 Å². The molecular weight excluding hydrogens is 226 g/mol. The van der Waals surface area contributed by atoms with Crippen LogP contribution < -0.4 is 5.73 Å². The summed E-state index contributed by atoms with van der Waals surface area (Å²) >= 11 is 0. The van der Waals surface area contributed by atoms with Crippen LogP contribution in [0.4, 0.5) is 0 Å². The van der Waals surface area contributed by atoms with E-state index in [2.05, 4.69) is 25.4 Å². The van der Waals surface area contributed by atoms with Crippen LogP contribution in [-0.4, -0.2) is 23.0 Å².